The Labute approximate surface area is 115 Å². The number of hydrogen-bond acceptors (Lipinski definition) is 3. The van der Waals surface area contributed by atoms with Crippen LogP contribution >= 0.6 is 0 Å². The van der Waals surface area contributed by atoms with Gasteiger partial charge in [0.05, 0.1) is 6.04 Å². The number of amides is 2. The van der Waals surface area contributed by atoms with E-state index in [1.54, 1.807) is 16.8 Å². The highest BCUT2D eigenvalue weighted by Crippen LogP contribution is 2.29. The van der Waals surface area contributed by atoms with Crippen LogP contribution in [0.15, 0.2) is 0 Å². The molecule has 0 aromatic heterocycles. The van der Waals surface area contributed by atoms with Gasteiger partial charge in [-0.15, -0.1) is 0 Å². The van der Waals surface area contributed by atoms with Crippen molar-refractivity contribution in [3.8, 4) is 0 Å². The van der Waals surface area contributed by atoms with Crippen LogP contribution in [0.25, 0.3) is 0 Å². The van der Waals surface area contributed by atoms with Gasteiger partial charge in [0.2, 0.25) is 6.41 Å². The van der Waals surface area contributed by atoms with Gasteiger partial charge >= 0.3 is 6.09 Å². The van der Waals surface area contributed by atoms with E-state index in [-0.39, 0.29) is 24.2 Å². The smallest absolute Gasteiger partial charge is 0.410 e. The molecule has 0 N–H and O–H groups in total. The molecule has 1 aliphatic heterocycles. The summed E-state index contributed by atoms with van der Waals surface area (Å²) < 4.78 is 5.47. The fourth-order valence-electron chi connectivity index (χ4n) is 2.49. The molecule has 0 aromatic carbocycles. The molecule has 0 spiro atoms. The quantitative estimate of drug-likeness (QED) is 0.739. The van der Waals surface area contributed by atoms with Gasteiger partial charge in [0.25, 0.3) is 0 Å². The molecule has 0 aliphatic carbocycles. The molecule has 5 nitrogen and oxygen atoms in total. The molecule has 1 heterocycles. The minimum atomic E-state index is -0.496. The van der Waals surface area contributed by atoms with E-state index in [0.717, 1.165) is 19.3 Å². The highest BCUT2D eigenvalue weighted by atomic mass is 16.6. The van der Waals surface area contributed by atoms with Gasteiger partial charge in [-0.05, 0) is 47.5 Å². The summed E-state index contributed by atoms with van der Waals surface area (Å²) in [5.41, 5.74) is -0.496. The number of likely N-dealkylation sites (N-methyl/N-ethyl adjacent to an activating group) is 1. The van der Waals surface area contributed by atoms with Gasteiger partial charge in [0.1, 0.15) is 5.60 Å². The molecule has 0 aromatic rings. The summed E-state index contributed by atoms with van der Waals surface area (Å²) in [6, 6.07) is 0.178. The van der Waals surface area contributed by atoms with Crippen LogP contribution in [0.3, 0.4) is 0 Å². The first-order valence-corrected chi connectivity index (χ1v) is 6.86. The zero-order chi connectivity index (χ0) is 14.8. The molecule has 19 heavy (non-hydrogen) atoms. The van der Waals surface area contributed by atoms with Gasteiger partial charge in [-0.1, -0.05) is 0 Å². The second kappa shape index (κ2) is 5.80. The zero-order valence-corrected chi connectivity index (χ0v) is 12.8. The van der Waals surface area contributed by atoms with Crippen LogP contribution in [0.1, 0.15) is 47.5 Å². The average Bonchev–Trinajstić information content (AvgIpc) is 2.66. The van der Waals surface area contributed by atoms with Crippen LogP contribution < -0.4 is 0 Å². The van der Waals surface area contributed by atoms with Gasteiger partial charge in [0, 0.05) is 19.1 Å². The summed E-state index contributed by atoms with van der Waals surface area (Å²) in [5.74, 6) is 0. The van der Waals surface area contributed by atoms with Gasteiger partial charge in [-0.3, -0.25) is 4.79 Å². The number of carbonyl (C=O) groups excluding carboxylic acids is 2. The first kappa shape index (κ1) is 15.8. The lowest BCUT2D eigenvalue weighted by Crippen LogP contribution is -2.51. The maximum atomic E-state index is 12.3. The third-order valence-corrected chi connectivity index (χ3v) is 3.68. The van der Waals surface area contributed by atoms with Crippen molar-refractivity contribution in [2.75, 3.05) is 7.05 Å². The summed E-state index contributed by atoms with van der Waals surface area (Å²) in [6.07, 6.45) is 2.37. The van der Waals surface area contributed by atoms with Crippen molar-refractivity contribution in [2.24, 2.45) is 0 Å². The molecule has 2 amide bonds. The summed E-state index contributed by atoms with van der Waals surface area (Å²) in [5, 5.41) is 0. The van der Waals surface area contributed by atoms with Crippen LogP contribution in [0.4, 0.5) is 4.79 Å². The van der Waals surface area contributed by atoms with Crippen molar-refractivity contribution in [3.63, 3.8) is 0 Å². The fourth-order valence-corrected chi connectivity index (χ4v) is 2.49. The van der Waals surface area contributed by atoms with Crippen LogP contribution in [0, 0.1) is 0 Å². The Bertz CT molecular complexity index is 338. The molecular formula is C14H26N2O3. The van der Waals surface area contributed by atoms with E-state index >= 15 is 0 Å². The van der Waals surface area contributed by atoms with Crippen LogP contribution in [-0.4, -0.2) is 53.1 Å². The molecule has 3 atom stereocenters. The number of carbonyl (C=O) groups is 2. The largest absolute Gasteiger partial charge is 0.444 e. The third-order valence-electron chi connectivity index (χ3n) is 3.68. The Hall–Kier alpha value is -1.26. The SMILES string of the molecule is CC(C1CCC(C)N1C(=O)OC(C)(C)C)N(C)C=O. The summed E-state index contributed by atoms with van der Waals surface area (Å²) in [4.78, 5) is 26.6. The van der Waals surface area contributed by atoms with Crippen molar-refractivity contribution in [1.29, 1.82) is 0 Å². The van der Waals surface area contributed by atoms with E-state index in [1.807, 2.05) is 34.6 Å². The number of nitrogens with zero attached hydrogens (tertiary/aromatic N) is 2. The Balaban J connectivity index is 2.82. The highest BCUT2D eigenvalue weighted by molar-refractivity contribution is 5.69. The normalized spacial score (nSPS) is 25.1. The lowest BCUT2D eigenvalue weighted by Gasteiger charge is -2.36. The summed E-state index contributed by atoms with van der Waals surface area (Å²) in [6.45, 7) is 9.58. The summed E-state index contributed by atoms with van der Waals surface area (Å²) in [7, 11) is 1.74. The Morgan fingerprint density at radius 1 is 1.42 bits per heavy atom. The van der Waals surface area contributed by atoms with Gasteiger partial charge in [-0.2, -0.15) is 0 Å². The zero-order valence-electron chi connectivity index (χ0n) is 12.8. The first-order valence-electron chi connectivity index (χ1n) is 6.86. The molecule has 110 valence electrons. The van der Waals surface area contributed by atoms with Crippen molar-refractivity contribution in [3.05, 3.63) is 0 Å². The molecule has 0 bridgehead atoms. The van der Waals surface area contributed by atoms with Gasteiger partial charge in [-0.25, -0.2) is 4.79 Å². The molecule has 1 aliphatic rings. The molecule has 0 radical (unpaired) electrons. The van der Waals surface area contributed by atoms with E-state index in [0.29, 0.717) is 0 Å². The molecule has 5 heteroatoms. The highest BCUT2D eigenvalue weighted by Gasteiger charge is 2.40. The number of likely N-dealkylation sites (tertiary alicyclic amines) is 1. The standard InChI is InChI=1S/C14H26N2O3/c1-10-7-8-12(11(2)15(6)9-17)16(10)13(18)19-14(3,4)5/h9-12H,7-8H2,1-6H3. The van der Waals surface area contributed by atoms with Crippen LogP contribution in [0.2, 0.25) is 0 Å². The number of rotatable bonds is 3. The predicted octanol–water partition coefficient (Wildman–Crippen LogP) is 2.25. The average molecular weight is 270 g/mol. The Morgan fingerprint density at radius 2 is 2.00 bits per heavy atom. The lowest BCUT2D eigenvalue weighted by molar-refractivity contribution is -0.119. The van der Waals surface area contributed by atoms with Crippen molar-refractivity contribution >= 4 is 12.5 Å². The molecule has 1 rings (SSSR count). The van der Waals surface area contributed by atoms with Crippen molar-refractivity contribution in [2.45, 2.75) is 71.2 Å². The first-order chi connectivity index (χ1) is 8.67. The van der Waals surface area contributed by atoms with E-state index in [4.69, 9.17) is 4.74 Å². The molecule has 0 saturated carbocycles. The Morgan fingerprint density at radius 3 is 2.47 bits per heavy atom. The summed E-state index contributed by atoms with van der Waals surface area (Å²) >= 11 is 0. The minimum Gasteiger partial charge on any atom is -0.444 e. The van der Waals surface area contributed by atoms with Crippen LogP contribution in [0.5, 0.6) is 0 Å². The van der Waals surface area contributed by atoms with E-state index in [1.165, 1.54) is 0 Å². The second-order valence-electron chi connectivity index (χ2n) is 6.39. The molecule has 1 fully saturated rings. The Kier molecular flexibility index (Phi) is 4.82. The van der Waals surface area contributed by atoms with Crippen molar-refractivity contribution < 1.29 is 14.3 Å². The lowest BCUT2D eigenvalue weighted by atomic mass is 10.1. The third kappa shape index (κ3) is 3.85. The maximum absolute atomic E-state index is 12.3. The van der Waals surface area contributed by atoms with Gasteiger partial charge < -0.3 is 14.5 Å². The minimum absolute atomic E-state index is 0.00466. The predicted molar refractivity (Wildman–Crippen MR) is 73.8 cm³/mol. The van der Waals surface area contributed by atoms with E-state index in [2.05, 4.69) is 0 Å². The maximum Gasteiger partial charge on any atom is 0.410 e. The fraction of sp³-hybridized carbons (Fsp3) is 0.857. The molecular weight excluding hydrogens is 244 g/mol. The van der Waals surface area contributed by atoms with E-state index < -0.39 is 5.60 Å². The van der Waals surface area contributed by atoms with E-state index in [9.17, 15) is 9.59 Å². The number of hydrogen-bond donors (Lipinski definition) is 0. The molecule has 1 saturated heterocycles. The van der Waals surface area contributed by atoms with Crippen LogP contribution in [-0.2, 0) is 9.53 Å². The monoisotopic (exact) mass is 270 g/mol. The molecule has 3 unspecified atom stereocenters. The van der Waals surface area contributed by atoms with Gasteiger partial charge in [0.15, 0.2) is 0 Å². The topological polar surface area (TPSA) is 49.9 Å². The van der Waals surface area contributed by atoms with Crippen molar-refractivity contribution in [1.82, 2.24) is 9.80 Å². The number of ether oxygens (including phenoxy) is 1. The second-order valence-corrected chi connectivity index (χ2v) is 6.39.